The van der Waals surface area contributed by atoms with Gasteiger partial charge in [0.1, 0.15) is 0 Å². The fourth-order valence-corrected chi connectivity index (χ4v) is 1.81. The van der Waals surface area contributed by atoms with Crippen LogP contribution in [0.4, 0.5) is 0 Å². The summed E-state index contributed by atoms with van der Waals surface area (Å²) in [7, 11) is 0. The molecule has 0 aliphatic rings. The topological polar surface area (TPSA) is 39.2 Å². The summed E-state index contributed by atoms with van der Waals surface area (Å²) in [5.74, 6) is -0.216. The number of aromatic nitrogens is 1. The number of nitrogens with zero attached hydrogens (tertiary/aromatic N) is 1. The lowest BCUT2D eigenvalue weighted by Crippen LogP contribution is -2.10. The Balaban J connectivity index is 1.65. The summed E-state index contributed by atoms with van der Waals surface area (Å²) in [5.41, 5.74) is 2.01. The quantitative estimate of drug-likeness (QED) is 0.588. The van der Waals surface area contributed by atoms with E-state index in [0.717, 1.165) is 18.5 Å². The minimum Gasteiger partial charge on any atom is -0.465 e. The minimum atomic E-state index is -0.216. The van der Waals surface area contributed by atoms with Crippen LogP contribution >= 0.6 is 0 Å². The standard InChI is InChI=1S/C16H17NO2/c18-16(13-15-10-4-5-11-17-15)19-12-6-9-14-7-2-1-3-8-14/h1-5,7-8,10-11H,6,9,12-13H2. The zero-order valence-electron chi connectivity index (χ0n) is 10.8. The third-order valence-corrected chi connectivity index (χ3v) is 2.77. The van der Waals surface area contributed by atoms with E-state index in [-0.39, 0.29) is 12.4 Å². The summed E-state index contributed by atoms with van der Waals surface area (Å²) in [6.45, 7) is 0.459. The molecule has 0 spiro atoms. The molecule has 0 saturated carbocycles. The Bertz CT molecular complexity index is 497. The van der Waals surface area contributed by atoms with Gasteiger partial charge in [-0.3, -0.25) is 9.78 Å². The van der Waals surface area contributed by atoms with Crippen molar-refractivity contribution in [3.63, 3.8) is 0 Å². The number of rotatable bonds is 6. The molecule has 1 aromatic heterocycles. The summed E-state index contributed by atoms with van der Waals surface area (Å²) < 4.78 is 5.19. The lowest BCUT2D eigenvalue weighted by Gasteiger charge is -2.04. The maximum Gasteiger partial charge on any atom is 0.311 e. The van der Waals surface area contributed by atoms with Crippen LogP contribution in [0.2, 0.25) is 0 Å². The molecule has 0 aliphatic heterocycles. The van der Waals surface area contributed by atoms with Gasteiger partial charge in [0.2, 0.25) is 0 Å². The number of carbonyl (C=O) groups excluding carboxylic acids is 1. The van der Waals surface area contributed by atoms with Crippen molar-refractivity contribution < 1.29 is 9.53 Å². The number of carbonyl (C=O) groups is 1. The van der Waals surface area contributed by atoms with Gasteiger partial charge < -0.3 is 4.74 Å². The van der Waals surface area contributed by atoms with Crippen molar-refractivity contribution in [2.75, 3.05) is 6.61 Å². The number of ether oxygens (including phenoxy) is 1. The van der Waals surface area contributed by atoms with Gasteiger partial charge in [-0.15, -0.1) is 0 Å². The van der Waals surface area contributed by atoms with Gasteiger partial charge in [0, 0.05) is 6.20 Å². The van der Waals surface area contributed by atoms with E-state index in [2.05, 4.69) is 17.1 Å². The SMILES string of the molecule is O=C(Cc1ccccn1)OCCCc1ccccc1. The predicted molar refractivity (Wildman–Crippen MR) is 73.7 cm³/mol. The maximum atomic E-state index is 11.6. The van der Waals surface area contributed by atoms with Crippen LogP contribution in [-0.4, -0.2) is 17.6 Å². The monoisotopic (exact) mass is 255 g/mol. The Morgan fingerprint density at radius 1 is 1.05 bits per heavy atom. The molecule has 0 N–H and O–H groups in total. The third-order valence-electron chi connectivity index (χ3n) is 2.77. The number of pyridine rings is 1. The summed E-state index contributed by atoms with van der Waals surface area (Å²) in [6.07, 6.45) is 3.69. The van der Waals surface area contributed by atoms with Crippen molar-refractivity contribution in [2.45, 2.75) is 19.3 Å². The van der Waals surface area contributed by atoms with Crippen LogP contribution in [-0.2, 0) is 22.4 Å². The van der Waals surface area contributed by atoms with Crippen LogP contribution in [0, 0.1) is 0 Å². The van der Waals surface area contributed by atoms with Crippen molar-refractivity contribution in [3.05, 3.63) is 66.0 Å². The summed E-state index contributed by atoms with van der Waals surface area (Å²) in [5, 5.41) is 0. The second kappa shape index (κ2) is 7.31. The summed E-state index contributed by atoms with van der Waals surface area (Å²) in [4.78, 5) is 15.7. The molecule has 0 atom stereocenters. The largest absolute Gasteiger partial charge is 0.465 e. The lowest BCUT2D eigenvalue weighted by molar-refractivity contribution is -0.142. The average Bonchev–Trinajstić information content (AvgIpc) is 2.46. The van der Waals surface area contributed by atoms with Crippen molar-refractivity contribution in [2.24, 2.45) is 0 Å². The van der Waals surface area contributed by atoms with Crippen LogP contribution in [0.3, 0.4) is 0 Å². The molecule has 3 nitrogen and oxygen atoms in total. The number of hydrogen-bond donors (Lipinski definition) is 0. The van der Waals surface area contributed by atoms with Crippen LogP contribution in [0.25, 0.3) is 0 Å². The highest BCUT2D eigenvalue weighted by molar-refractivity contribution is 5.71. The van der Waals surface area contributed by atoms with Gasteiger partial charge in [-0.25, -0.2) is 0 Å². The number of benzene rings is 1. The third kappa shape index (κ3) is 4.92. The van der Waals surface area contributed by atoms with Crippen LogP contribution in [0.1, 0.15) is 17.7 Å². The molecular weight excluding hydrogens is 238 g/mol. The van der Waals surface area contributed by atoms with E-state index in [0.29, 0.717) is 6.61 Å². The lowest BCUT2D eigenvalue weighted by atomic mass is 10.1. The van der Waals surface area contributed by atoms with E-state index >= 15 is 0 Å². The molecule has 0 radical (unpaired) electrons. The molecule has 1 aromatic carbocycles. The first-order valence-electron chi connectivity index (χ1n) is 6.44. The molecule has 3 heteroatoms. The molecule has 0 fully saturated rings. The van der Waals surface area contributed by atoms with Gasteiger partial charge in [0.05, 0.1) is 18.7 Å². The Labute approximate surface area is 113 Å². The molecule has 0 aliphatic carbocycles. The zero-order valence-corrected chi connectivity index (χ0v) is 10.8. The second-order valence-electron chi connectivity index (χ2n) is 4.31. The van der Waals surface area contributed by atoms with E-state index in [1.807, 2.05) is 36.4 Å². The van der Waals surface area contributed by atoms with Crippen LogP contribution in [0.15, 0.2) is 54.7 Å². The minimum absolute atomic E-state index is 0.216. The van der Waals surface area contributed by atoms with Crippen molar-refractivity contribution in [1.29, 1.82) is 0 Å². The van der Waals surface area contributed by atoms with Crippen molar-refractivity contribution in [1.82, 2.24) is 4.98 Å². The van der Waals surface area contributed by atoms with Gasteiger partial charge in [-0.1, -0.05) is 36.4 Å². The van der Waals surface area contributed by atoms with Crippen LogP contribution in [0.5, 0.6) is 0 Å². The molecule has 1 heterocycles. The number of esters is 1. The maximum absolute atomic E-state index is 11.6. The van der Waals surface area contributed by atoms with E-state index in [9.17, 15) is 4.79 Å². The van der Waals surface area contributed by atoms with Gasteiger partial charge in [-0.05, 0) is 30.5 Å². The van der Waals surface area contributed by atoms with E-state index in [1.165, 1.54) is 5.56 Å². The predicted octanol–water partition coefficient (Wildman–Crippen LogP) is 2.80. The van der Waals surface area contributed by atoms with Crippen molar-refractivity contribution in [3.8, 4) is 0 Å². The molecule has 0 unspecified atom stereocenters. The normalized spacial score (nSPS) is 10.1. The highest BCUT2D eigenvalue weighted by atomic mass is 16.5. The zero-order chi connectivity index (χ0) is 13.3. The van der Waals surface area contributed by atoms with Gasteiger partial charge >= 0.3 is 5.97 Å². The highest BCUT2D eigenvalue weighted by Crippen LogP contribution is 2.03. The fraction of sp³-hybridized carbons (Fsp3) is 0.250. The number of hydrogen-bond acceptors (Lipinski definition) is 3. The first kappa shape index (κ1) is 13.3. The van der Waals surface area contributed by atoms with E-state index in [4.69, 9.17) is 4.74 Å². The smallest absolute Gasteiger partial charge is 0.311 e. The molecule has 0 saturated heterocycles. The van der Waals surface area contributed by atoms with Crippen LogP contribution < -0.4 is 0 Å². The molecule has 19 heavy (non-hydrogen) atoms. The molecule has 98 valence electrons. The highest BCUT2D eigenvalue weighted by Gasteiger charge is 2.05. The second-order valence-corrected chi connectivity index (χ2v) is 4.31. The Morgan fingerprint density at radius 2 is 1.84 bits per heavy atom. The molecule has 2 rings (SSSR count). The molecular formula is C16H17NO2. The Morgan fingerprint density at radius 3 is 2.58 bits per heavy atom. The van der Waals surface area contributed by atoms with E-state index in [1.54, 1.807) is 6.20 Å². The fourth-order valence-electron chi connectivity index (χ4n) is 1.81. The Kier molecular flexibility index (Phi) is 5.11. The summed E-state index contributed by atoms with van der Waals surface area (Å²) in [6, 6.07) is 15.7. The van der Waals surface area contributed by atoms with Gasteiger partial charge in [-0.2, -0.15) is 0 Å². The first-order chi connectivity index (χ1) is 9.34. The Hall–Kier alpha value is -2.16. The van der Waals surface area contributed by atoms with Gasteiger partial charge in [0.25, 0.3) is 0 Å². The summed E-state index contributed by atoms with van der Waals surface area (Å²) >= 11 is 0. The first-order valence-corrected chi connectivity index (χ1v) is 6.44. The molecule has 0 bridgehead atoms. The van der Waals surface area contributed by atoms with E-state index < -0.39 is 0 Å². The van der Waals surface area contributed by atoms with Gasteiger partial charge in [0.15, 0.2) is 0 Å². The molecule has 2 aromatic rings. The van der Waals surface area contributed by atoms with Crippen molar-refractivity contribution >= 4 is 5.97 Å². The molecule has 0 amide bonds. The number of aryl methyl sites for hydroxylation is 1. The average molecular weight is 255 g/mol.